The highest BCUT2D eigenvalue weighted by Gasteiger charge is 2.30. The highest BCUT2D eigenvalue weighted by atomic mass is 16.5. The van der Waals surface area contributed by atoms with Crippen LogP contribution in [-0.4, -0.2) is 42.3 Å². The molecule has 0 aliphatic carbocycles. The van der Waals surface area contributed by atoms with Crippen molar-refractivity contribution in [2.45, 2.75) is 39.8 Å². The molecule has 5 heteroatoms. The zero-order valence-electron chi connectivity index (χ0n) is 14.4. The van der Waals surface area contributed by atoms with E-state index < -0.39 is 5.97 Å². The summed E-state index contributed by atoms with van der Waals surface area (Å²) in [5.41, 5.74) is 1.04. The first-order valence-corrected chi connectivity index (χ1v) is 8.18. The third-order valence-corrected chi connectivity index (χ3v) is 4.11. The number of hydrogen-bond acceptors (Lipinski definition) is 4. The van der Waals surface area contributed by atoms with Crippen molar-refractivity contribution in [3.63, 3.8) is 0 Å². The largest absolute Gasteiger partial charge is 0.493 e. The lowest BCUT2D eigenvalue weighted by molar-refractivity contribution is -0.144. The molecule has 0 spiro atoms. The molecule has 1 aromatic rings. The number of rotatable bonds is 6. The van der Waals surface area contributed by atoms with E-state index in [4.69, 9.17) is 9.47 Å². The maximum Gasteiger partial charge on any atom is 0.307 e. The second-order valence-corrected chi connectivity index (χ2v) is 6.69. The smallest absolute Gasteiger partial charge is 0.307 e. The normalized spacial score (nSPS) is 22.1. The zero-order valence-corrected chi connectivity index (χ0v) is 14.4. The molecule has 2 atom stereocenters. The van der Waals surface area contributed by atoms with Crippen molar-refractivity contribution in [2.24, 2.45) is 11.8 Å². The zero-order chi connectivity index (χ0) is 17.0. The Morgan fingerprint density at radius 2 is 2.13 bits per heavy atom. The number of ether oxygens (including phenoxy) is 2. The van der Waals surface area contributed by atoms with Crippen LogP contribution in [-0.2, 0) is 11.3 Å². The van der Waals surface area contributed by atoms with Gasteiger partial charge in [-0.15, -0.1) is 0 Å². The van der Waals surface area contributed by atoms with Gasteiger partial charge < -0.3 is 14.6 Å². The van der Waals surface area contributed by atoms with Crippen LogP contribution in [0, 0.1) is 11.8 Å². The van der Waals surface area contributed by atoms with Crippen LogP contribution in [0.1, 0.15) is 32.8 Å². The van der Waals surface area contributed by atoms with Crippen molar-refractivity contribution in [2.75, 3.05) is 20.2 Å². The molecular weight excluding hydrogens is 294 g/mol. The van der Waals surface area contributed by atoms with Crippen LogP contribution in [0.25, 0.3) is 0 Å². The molecule has 0 bridgehead atoms. The average molecular weight is 321 g/mol. The summed E-state index contributed by atoms with van der Waals surface area (Å²) >= 11 is 0. The number of likely N-dealkylation sites (tertiary alicyclic amines) is 1. The number of hydrogen-bond donors (Lipinski definition) is 1. The van der Waals surface area contributed by atoms with Crippen LogP contribution < -0.4 is 9.47 Å². The minimum atomic E-state index is -0.703. The van der Waals surface area contributed by atoms with Crippen LogP contribution in [0.4, 0.5) is 0 Å². The fourth-order valence-electron chi connectivity index (χ4n) is 3.23. The van der Waals surface area contributed by atoms with Crippen molar-refractivity contribution in [1.29, 1.82) is 0 Å². The Labute approximate surface area is 138 Å². The molecule has 1 N–H and O–H groups in total. The molecule has 0 radical (unpaired) electrons. The average Bonchev–Trinajstić information content (AvgIpc) is 2.47. The van der Waals surface area contributed by atoms with Crippen LogP contribution in [0.2, 0.25) is 0 Å². The maximum absolute atomic E-state index is 11.3. The summed E-state index contributed by atoms with van der Waals surface area (Å²) in [5, 5.41) is 9.32. The quantitative estimate of drug-likeness (QED) is 0.873. The van der Waals surface area contributed by atoms with Gasteiger partial charge in [0.05, 0.1) is 19.1 Å². The van der Waals surface area contributed by atoms with Crippen LogP contribution in [0.15, 0.2) is 18.2 Å². The fourth-order valence-corrected chi connectivity index (χ4v) is 3.23. The number of piperidine rings is 1. The molecular formula is C18H27NO4. The van der Waals surface area contributed by atoms with Gasteiger partial charge >= 0.3 is 5.97 Å². The molecule has 1 aliphatic rings. The van der Waals surface area contributed by atoms with Gasteiger partial charge in [-0.25, -0.2) is 0 Å². The Morgan fingerprint density at radius 3 is 2.74 bits per heavy atom. The van der Waals surface area contributed by atoms with Crippen molar-refractivity contribution in [3.8, 4) is 11.5 Å². The van der Waals surface area contributed by atoms with Gasteiger partial charge in [-0.2, -0.15) is 0 Å². The lowest BCUT2D eigenvalue weighted by Crippen LogP contribution is -2.42. The predicted octanol–water partition coefficient (Wildman–Crippen LogP) is 3.03. The number of carboxylic acids is 1. The highest BCUT2D eigenvalue weighted by molar-refractivity contribution is 5.70. The molecule has 1 aromatic carbocycles. The van der Waals surface area contributed by atoms with Gasteiger partial charge in [0.15, 0.2) is 11.5 Å². The number of nitrogens with zero attached hydrogens (tertiary/aromatic N) is 1. The van der Waals surface area contributed by atoms with E-state index in [0.29, 0.717) is 19.0 Å². The van der Waals surface area contributed by atoms with Crippen molar-refractivity contribution < 1.29 is 19.4 Å². The molecule has 2 unspecified atom stereocenters. The van der Waals surface area contributed by atoms with Crippen LogP contribution in [0.3, 0.4) is 0 Å². The number of methoxy groups -OCH3 is 1. The lowest BCUT2D eigenvalue weighted by atomic mass is 9.90. The third-order valence-electron chi connectivity index (χ3n) is 4.11. The lowest BCUT2D eigenvalue weighted by Gasteiger charge is -2.35. The molecule has 0 aromatic heterocycles. The minimum Gasteiger partial charge on any atom is -0.493 e. The first kappa shape index (κ1) is 17.6. The molecule has 5 nitrogen and oxygen atoms in total. The van der Waals surface area contributed by atoms with Gasteiger partial charge in [0.1, 0.15) is 0 Å². The number of carboxylic acid groups (broad SMARTS) is 1. The second kappa shape index (κ2) is 7.68. The Bertz CT molecular complexity index is 544. The number of para-hydroxylation sites is 1. The molecule has 1 saturated heterocycles. The Morgan fingerprint density at radius 1 is 1.39 bits per heavy atom. The fraction of sp³-hybridized carbons (Fsp3) is 0.611. The predicted molar refractivity (Wildman–Crippen MR) is 88.9 cm³/mol. The third kappa shape index (κ3) is 4.61. The van der Waals surface area contributed by atoms with E-state index in [1.54, 1.807) is 7.11 Å². The first-order valence-electron chi connectivity index (χ1n) is 8.18. The van der Waals surface area contributed by atoms with Crippen molar-refractivity contribution in [3.05, 3.63) is 23.8 Å². The Hall–Kier alpha value is -1.75. The van der Waals surface area contributed by atoms with E-state index in [1.165, 1.54) is 0 Å². The molecule has 1 fully saturated rings. The van der Waals surface area contributed by atoms with E-state index in [9.17, 15) is 9.90 Å². The van der Waals surface area contributed by atoms with Crippen molar-refractivity contribution >= 4 is 5.97 Å². The van der Waals surface area contributed by atoms with Gasteiger partial charge in [-0.05, 0) is 32.3 Å². The summed E-state index contributed by atoms with van der Waals surface area (Å²) in [6.45, 7) is 8.24. The topological polar surface area (TPSA) is 59.0 Å². The summed E-state index contributed by atoms with van der Waals surface area (Å²) in [6, 6.07) is 5.86. The summed E-state index contributed by atoms with van der Waals surface area (Å²) in [7, 11) is 1.63. The van der Waals surface area contributed by atoms with E-state index in [-0.39, 0.29) is 12.0 Å². The summed E-state index contributed by atoms with van der Waals surface area (Å²) in [5.74, 6) is 0.862. The maximum atomic E-state index is 11.3. The molecule has 1 aliphatic heterocycles. The second-order valence-electron chi connectivity index (χ2n) is 6.69. The standard InChI is InChI=1S/C18H27NO4/c1-12(2)23-17-14(6-5-7-16(17)22-4)10-19-9-13(3)8-15(11-19)18(20)21/h5-7,12-13,15H,8-11H2,1-4H3,(H,20,21). The minimum absolute atomic E-state index is 0.0529. The van der Waals surface area contributed by atoms with E-state index in [2.05, 4.69) is 11.8 Å². The summed E-state index contributed by atoms with van der Waals surface area (Å²) in [6.07, 6.45) is 0.802. The van der Waals surface area contributed by atoms with E-state index >= 15 is 0 Å². The van der Waals surface area contributed by atoms with Crippen LogP contribution >= 0.6 is 0 Å². The number of benzene rings is 1. The van der Waals surface area contributed by atoms with Gasteiger partial charge in [0.25, 0.3) is 0 Å². The van der Waals surface area contributed by atoms with Crippen LogP contribution in [0.5, 0.6) is 11.5 Å². The van der Waals surface area contributed by atoms with Gasteiger partial charge in [-0.1, -0.05) is 19.1 Å². The summed E-state index contributed by atoms with van der Waals surface area (Å²) in [4.78, 5) is 13.5. The number of aliphatic carboxylic acids is 1. The SMILES string of the molecule is COc1cccc(CN2CC(C)CC(C(=O)O)C2)c1OC(C)C. The molecule has 1 heterocycles. The molecule has 0 amide bonds. The Balaban J connectivity index is 2.20. The highest BCUT2D eigenvalue weighted by Crippen LogP contribution is 2.34. The van der Waals surface area contributed by atoms with E-state index in [1.807, 2.05) is 32.0 Å². The van der Waals surface area contributed by atoms with Gasteiger partial charge in [-0.3, -0.25) is 9.69 Å². The van der Waals surface area contributed by atoms with Gasteiger partial charge in [0, 0.05) is 25.2 Å². The molecule has 0 saturated carbocycles. The molecule has 128 valence electrons. The summed E-state index contributed by atoms with van der Waals surface area (Å²) < 4.78 is 11.4. The van der Waals surface area contributed by atoms with Gasteiger partial charge in [0.2, 0.25) is 0 Å². The molecule has 23 heavy (non-hydrogen) atoms. The Kier molecular flexibility index (Phi) is 5.88. The molecule has 2 rings (SSSR count). The monoisotopic (exact) mass is 321 g/mol. The van der Waals surface area contributed by atoms with E-state index in [0.717, 1.165) is 30.0 Å². The first-order chi connectivity index (χ1) is 10.9. The number of carbonyl (C=O) groups is 1. The van der Waals surface area contributed by atoms with Crippen molar-refractivity contribution in [1.82, 2.24) is 4.90 Å².